The molecule has 0 aliphatic rings. The SMILES string of the molecule is Cc1ccc(OCCCn2c(-c3ccc(C(C)(C)C)cc3)nc3ccccc32)cc1. The van der Waals surface area contributed by atoms with E-state index in [1.165, 1.54) is 16.6 Å². The van der Waals surface area contributed by atoms with Crippen molar-refractivity contribution >= 4 is 11.0 Å². The molecule has 0 aliphatic carbocycles. The third-order valence-electron chi connectivity index (χ3n) is 5.48. The lowest BCUT2D eigenvalue weighted by atomic mass is 9.87. The highest BCUT2D eigenvalue weighted by Gasteiger charge is 2.16. The molecule has 154 valence electrons. The van der Waals surface area contributed by atoms with Gasteiger partial charge in [-0.1, -0.05) is 74.9 Å². The first-order chi connectivity index (χ1) is 14.4. The van der Waals surface area contributed by atoms with Crippen LogP contribution in [0.25, 0.3) is 22.4 Å². The Hall–Kier alpha value is -3.07. The van der Waals surface area contributed by atoms with Crippen molar-refractivity contribution in [3.63, 3.8) is 0 Å². The maximum Gasteiger partial charge on any atom is 0.141 e. The average Bonchev–Trinajstić information content (AvgIpc) is 3.11. The van der Waals surface area contributed by atoms with E-state index in [4.69, 9.17) is 9.72 Å². The highest BCUT2D eigenvalue weighted by Crippen LogP contribution is 2.28. The Morgan fingerprint density at radius 2 is 1.57 bits per heavy atom. The largest absolute Gasteiger partial charge is 0.494 e. The van der Waals surface area contributed by atoms with Gasteiger partial charge in [-0.2, -0.15) is 0 Å². The number of imidazole rings is 1. The molecule has 0 saturated carbocycles. The summed E-state index contributed by atoms with van der Waals surface area (Å²) < 4.78 is 8.26. The lowest BCUT2D eigenvalue weighted by Gasteiger charge is -2.19. The van der Waals surface area contributed by atoms with Gasteiger partial charge in [0.05, 0.1) is 17.6 Å². The van der Waals surface area contributed by atoms with Crippen molar-refractivity contribution < 1.29 is 4.74 Å². The number of aromatic nitrogens is 2. The van der Waals surface area contributed by atoms with Gasteiger partial charge in [-0.05, 0) is 48.6 Å². The molecule has 0 atom stereocenters. The number of hydrogen-bond acceptors (Lipinski definition) is 2. The normalized spacial score (nSPS) is 11.7. The molecular formula is C27H30N2O. The van der Waals surface area contributed by atoms with Gasteiger partial charge in [0, 0.05) is 12.1 Å². The predicted molar refractivity (Wildman–Crippen MR) is 125 cm³/mol. The number of ether oxygens (including phenoxy) is 1. The molecule has 1 aromatic heterocycles. The van der Waals surface area contributed by atoms with Gasteiger partial charge < -0.3 is 9.30 Å². The fourth-order valence-corrected chi connectivity index (χ4v) is 3.69. The third-order valence-corrected chi connectivity index (χ3v) is 5.48. The Morgan fingerprint density at radius 1 is 0.867 bits per heavy atom. The van der Waals surface area contributed by atoms with Gasteiger partial charge in [-0.3, -0.25) is 0 Å². The summed E-state index contributed by atoms with van der Waals surface area (Å²) in [6, 6.07) is 25.4. The minimum atomic E-state index is 0.145. The van der Waals surface area contributed by atoms with E-state index in [-0.39, 0.29) is 5.41 Å². The highest BCUT2D eigenvalue weighted by atomic mass is 16.5. The molecule has 4 rings (SSSR count). The van der Waals surface area contributed by atoms with Gasteiger partial charge in [-0.25, -0.2) is 4.98 Å². The summed E-state index contributed by atoms with van der Waals surface area (Å²) >= 11 is 0. The second kappa shape index (κ2) is 8.35. The molecule has 0 N–H and O–H groups in total. The average molecular weight is 399 g/mol. The number of fused-ring (bicyclic) bond motifs is 1. The van der Waals surface area contributed by atoms with Crippen LogP contribution in [0.2, 0.25) is 0 Å². The molecule has 3 aromatic carbocycles. The number of para-hydroxylation sites is 2. The molecule has 0 spiro atoms. The molecule has 30 heavy (non-hydrogen) atoms. The van der Waals surface area contributed by atoms with Crippen LogP contribution in [0.15, 0.2) is 72.8 Å². The van der Waals surface area contributed by atoms with Crippen LogP contribution >= 0.6 is 0 Å². The Labute approximate surface area is 179 Å². The lowest BCUT2D eigenvalue weighted by Crippen LogP contribution is -2.10. The molecular weight excluding hydrogens is 368 g/mol. The maximum absolute atomic E-state index is 5.94. The van der Waals surface area contributed by atoms with Crippen LogP contribution in [-0.4, -0.2) is 16.2 Å². The van der Waals surface area contributed by atoms with E-state index in [9.17, 15) is 0 Å². The maximum atomic E-state index is 5.94. The lowest BCUT2D eigenvalue weighted by molar-refractivity contribution is 0.303. The van der Waals surface area contributed by atoms with Crippen LogP contribution < -0.4 is 4.74 Å². The van der Waals surface area contributed by atoms with Gasteiger partial charge in [0.2, 0.25) is 0 Å². The molecule has 0 bridgehead atoms. The van der Waals surface area contributed by atoms with Crippen LogP contribution in [0.5, 0.6) is 5.75 Å². The first kappa shape index (κ1) is 20.2. The van der Waals surface area contributed by atoms with E-state index in [2.05, 4.69) is 86.9 Å². The van der Waals surface area contributed by atoms with Gasteiger partial charge in [0.1, 0.15) is 11.6 Å². The van der Waals surface area contributed by atoms with Gasteiger partial charge >= 0.3 is 0 Å². The summed E-state index contributed by atoms with van der Waals surface area (Å²) in [5.41, 5.74) is 6.08. The highest BCUT2D eigenvalue weighted by molar-refractivity contribution is 5.80. The molecule has 4 aromatic rings. The molecule has 0 fully saturated rings. The van der Waals surface area contributed by atoms with Crippen LogP contribution in [0.3, 0.4) is 0 Å². The fourth-order valence-electron chi connectivity index (χ4n) is 3.69. The summed E-state index contributed by atoms with van der Waals surface area (Å²) in [7, 11) is 0. The van der Waals surface area contributed by atoms with E-state index in [1.807, 2.05) is 18.2 Å². The molecule has 1 heterocycles. The van der Waals surface area contributed by atoms with E-state index in [1.54, 1.807) is 0 Å². The number of nitrogens with zero attached hydrogens (tertiary/aromatic N) is 2. The Balaban J connectivity index is 1.55. The Morgan fingerprint density at radius 3 is 2.27 bits per heavy atom. The summed E-state index contributed by atoms with van der Waals surface area (Å²) in [4.78, 5) is 4.94. The van der Waals surface area contributed by atoms with Crippen molar-refractivity contribution in [2.45, 2.75) is 46.1 Å². The zero-order valence-corrected chi connectivity index (χ0v) is 18.4. The molecule has 0 aliphatic heterocycles. The number of aryl methyl sites for hydroxylation is 2. The van der Waals surface area contributed by atoms with E-state index in [0.717, 1.165) is 35.6 Å². The van der Waals surface area contributed by atoms with Crippen LogP contribution in [0.1, 0.15) is 38.3 Å². The topological polar surface area (TPSA) is 27.1 Å². The van der Waals surface area contributed by atoms with E-state index >= 15 is 0 Å². The van der Waals surface area contributed by atoms with Crippen molar-refractivity contribution in [3.8, 4) is 17.1 Å². The molecule has 3 nitrogen and oxygen atoms in total. The number of rotatable bonds is 6. The molecule has 0 amide bonds. The minimum Gasteiger partial charge on any atom is -0.494 e. The summed E-state index contributed by atoms with van der Waals surface area (Å²) in [6.45, 7) is 10.4. The van der Waals surface area contributed by atoms with Crippen LogP contribution in [0.4, 0.5) is 0 Å². The summed E-state index contributed by atoms with van der Waals surface area (Å²) in [5.74, 6) is 1.95. The van der Waals surface area contributed by atoms with Crippen molar-refractivity contribution in [2.24, 2.45) is 0 Å². The smallest absolute Gasteiger partial charge is 0.141 e. The fraction of sp³-hybridized carbons (Fsp3) is 0.296. The molecule has 3 heteroatoms. The number of hydrogen-bond donors (Lipinski definition) is 0. The van der Waals surface area contributed by atoms with Gasteiger partial charge in [0.15, 0.2) is 0 Å². The van der Waals surface area contributed by atoms with Crippen LogP contribution in [0, 0.1) is 6.92 Å². The standard InChI is InChI=1S/C27H30N2O/c1-20-10-16-23(17-11-20)30-19-7-18-29-25-9-6-5-8-24(25)28-26(29)21-12-14-22(15-13-21)27(2,3)4/h5-6,8-17H,7,18-19H2,1-4H3. The first-order valence-electron chi connectivity index (χ1n) is 10.7. The predicted octanol–water partition coefficient (Wildman–Crippen LogP) is 6.78. The number of benzene rings is 3. The monoisotopic (exact) mass is 398 g/mol. The summed E-state index contributed by atoms with van der Waals surface area (Å²) in [5, 5.41) is 0. The van der Waals surface area contributed by atoms with E-state index in [0.29, 0.717) is 6.61 Å². The third kappa shape index (κ3) is 4.40. The second-order valence-corrected chi connectivity index (χ2v) is 8.92. The Bertz CT molecular complexity index is 1120. The van der Waals surface area contributed by atoms with Gasteiger partial charge in [-0.15, -0.1) is 0 Å². The van der Waals surface area contributed by atoms with Crippen molar-refractivity contribution in [3.05, 3.63) is 83.9 Å². The summed E-state index contributed by atoms with van der Waals surface area (Å²) in [6.07, 6.45) is 0.918. The van der Waals surface area contributed by atoms with E-state index < -0.39 is 0 Å². The first-order valence-corrected chi connectivity index (χ1v) is 10.7. The molecule has 0 unspecified atom stereocenters. The van der Waals surface area contributed by atoms with Crippen LogP contribution in [-0.2, 0) is 12.0 Å². The molecule has 0 saturated heterocycles. The zero-order chi connectivity index (χ0) is 21.1. The van der Waals surface area contributed by atoms with Crippen molar-refractivity contribution in [2.75, 3.05) is 6.61 Å². The van der Waals surface area contributed by atoms with Crippen molar-refractivity contribution in [1.29, 1.82) is 0 Å². The minimum absolute atomic E-state index is 0.145. The second-order valence-electron chi connectivity index (χ2n) is 8.92. The zero-order valence-electron chi connectivity index (χ0n) is 18.4. The van der Waals surface area contributed by atoms with Gasteiger partial charge in [0.25, 0.3) is 0 Å². The molecule has 0 radical (unpaired) electrons. The quantitative estimate of drug-likeness (QED) is 0.335. The van der Waals surface area contributed by atoms with Crippen molar-refractivity contribution in [1.82, 2.24) is 9.55 Å². The Kier molecular flexibility index (Phi) is 5.63.